The van der Waals surface area contributed by atoms with E-state index in [4.69, 9.17) is 0 Å². The van der Waals surface area contributed by atoms with Crippen molar-refractivity contribution < 1.29 is 0 Å². The van der Waals surface area contributed by atoms with Crippen molar-refractivity contribution in [2.75, 3.05) is 6.54 Å². The highest BCUT2D eigenvalue weighted by atomic mass is 14.9. The summed E-state index contributed by atoms with van der Waals surface area (Å²) in [5.74, 6) is 0. The molecule has 1 aromatic carbocycles. The average molecular weight is 275 g/mol. The molecule has 20 heavy (non-hydrogen) atoms. The normalized spacial score (nSPS) is 13.6. The minimum absolute atomic E-state index is 0.373. The van der Waals surface area contributed by atoms with E-state index in [-0.39, 0.29) is 0 Å². The molecule has 0 fully saturated rings. The zero-order valence-electron chi connectivity index (χ0n) is 14.6. The molecule has 1 nitrogen and oxygen atoms in total. The van der Waals surface area contributed by atoms with E-state index in [1.807, 2.05) is 0 Å². The minimum Gasteiger partial charge on any atom is -0.314 e. The minimum atomic E-state index is 0.373. The van der Waals surface area contributed by atoms with Gasteiger partial charge in [0.2, 0.25) is 0 Å². The van der Waals surface area contributed by atoms with Gasteiger partial charge < -0.3 is 5.32 Å². The average Bonchev–Trinajstić information content (AvgIpc) is 2.28. The van der Waals surface area contributed by atoms with Crippen LogP contribution < -0.4 is 5.32 Å². The van der Waals surface area contributed by atoms with Gasteiger partial charge in [-0.25, -0.2) is 0 Å². The van der Waals surface area contributed by atoms with Crippen LogP contribution >= 0.6 is 0 Å². The molecule has 0 saturated carbocycles. The summed E-state index contributed by atoms with van der Waals surface area (Å²) in [5, 5.41) is 3.74. The molecule has 114 valence electrons. The summed E-state index contributed by atoms with van der Waals surface area (Å²) in [6.45, 7) is 17.1. The SMILES string of the molecule is CCCNC(Cc1c(C)cc(C)cc1C)CC(C)(C)C. The maximum atomic E-state index is 3.74. The van der Waals surface area contributed by atoms with Crippen LogP contribution in [-0.4, -0.2) is 12.6 Å². The Labute approximate surface area is 126 Å². The summed E-state index contributed by atoms with van der Waals surface area (Å²) < 4.78 is 0. The summed E-state index contributed by atoms with van der Waals surface area (Å²) in [6, 6.07) is 5.21. The van der Waals surface area contributed by atoms with Crippen molar-refractivity contribution >= 4 is 0 Å². The molecule has 1 atom stereocenters. The lowest BCUT2D eigenvalue weighted by molar-refractivity contribution is 0.306. The zero-order chi connectivity index (χ0) is 15.3. The summed E-state index contributed by atoms with van der Waals surface area (Å²) >= 11 is 0. The van der Waals surface area contributed by atoms with E-state index in [9.17, 15) is 0 Å². The van der Waals surface area contributed by atoms with Crippen molar-refractivity contribution in [3.8, 4) is 0 Å². The molecule has 1 N–H and O–H groups in total. The standard InChI is InChI=1S/C19H33N/c1-8-9-20-17(13-19(5,6)7)12-18-15(3)10-14(2)11-16(18)4/h10-11,17,20H,8-9,12-13H2,1-7H3. The van der Waals surface area contributed by atoms with Gasteiger partial charge in [0.15, 0.2) is 0 Å². The molecule has 0 heterocycles. The molecule has 1 unspecified atom stereocenters. The summed E-state index contributed by atoms with van der Waals surface area (Å²) in [4.78, 5) is 0. The second-order valence-corrected chi connectivity index (χ2v) is 7.50. The molecular formula is C19H33N. The topological polar surface area (TPSA) is 12.0 Å². The quantitative estimate of drug-likeness (QED) is 0.774. The van der Waals surface area contributed by atoms with Gasteiger partial charge in [-0.05, 0) is 68.7 Å². The van der Waals surface area contributed by atoms with E-state index in [1.54, 1.807) is 0 Å². The highest BCUT2D eigenvalue weighted by Gasteiger charge is 2.20. The third-order valence-electron chi connectivity index (χ3n) is 3.83. The summed E-state index contributed by atoms with van der Waals surface area (Å²) in [5.41, 5.74) is 6.17. The zero-order valence-corrected chi connectivity index (χ0v) is 14.6. The lowest BCUT2D eigenvalue weighted by Gasteiger charge is -2.28. The Balaban J connectivity index is 2.89. The molecule has 1 aromatic rings. The molecule has 0 aliphatic rings. The van der Waals surface area contributed by atoms with Crippen LogP contribution in [0.2, 0.25) is 0 Å². The Morgan fingerprint density at radius 2 is 1.60 bits per heavy atom. The molecule has 0 bridgehead atoms. The Kier molecular flexibility index (Phi) is 6.26. The highest BCUT2D eigenvalue weighted by molar-refractivity contribution is 5.38. The lowest BCUT2D eigenvalue weighted by Crippen LogP contribution is -2.35. The van der Waals surface area contributed by atoms with Gasteiger partial charge in [-0.3, -0.25) is 0 Å². The van der Waals surface area contributed by atoms with Crippen LogP contribution in [0.4, 0.5) is 0 Å². The first-order valence-corrected chi connectivity index (χ1v) is 8.03. The van der Waals surface area contributed by atoms with Gasteiger partial charge in [0.25, 0.3) is 0 Å². The van der Waals surface area contributed by atoms with Gasteiger partial charge in [0, 0.05) is 6.04 Å². The van der Waals surface area contributed by atoms with E-state index >= 15 is 0 Å². The molecule has 0 amide bonds. The molecule has 0 saturated heterocycles. The van der Waals surface area contributed by atoms with Gasteiger partial charge in [-0.2, -0.15) is 0 Å². The van der Waals surface area contributed by atoms with E-state index in [0.29, 0.717) is 11.5 Å². The second kappa shape index (κ2) is 7.26. The van der Waals surface area contributed by atoms with Crippen molar-refractivity contribution in [2.45, 2.75) is 73.8 Å². The second-order valence-electron chi connectivity index (χ2n) is 7.50. The van der Waals surface area contributed by atoms with Crippen molar-refractivity contribution in [3.63, 3.8) is 0 Å². The van der Waals surface area contributed by atoms with Crippen molar-refractivity contribution in [1.82, 2.24) is 5.32 Å². The van der Waals surface area contributed by atoms with Crippen LogP contribution in [0.15, 0.2) is 12.1 Å². The molecule has 0 aromatic heterocycles. The van der Waals surface area contributed by atoms with E-state index in [1.165, 1.54) is 35.1 Å². The molecule has 1 rings (SSSR count). The number of nitrogens with one attached hydrogen (secondary N) is 1. The Morgan fingerprint density at radius 1 is 1.05 bits per heavy atom. The van der Waals surface area contributed by atoms with Gasteiger partial charge in [-0.15, -0.1) is 0 Å². The molecular weight excluding hydrogens is 242 g/mol. The third kappa shape index (κ3) is 5.66. The van der Waals surface area contributed by atoms with Crippen LogP contribution in [0.3, 0.4) is 0 Å². The first kappa shape index (κ1) is 17.2. The van der Waals surface area contributed by atoms with Crippen LogP contribution in [0.25, 0.3) is 0 Å². The monoisotopic (exact) mass is 275 g/mol. The summed E-state index contributed by atoms with van der Waals surface area (Å²) in [6.07, 6.45) is 3.57. The van der Waals surface area contributed by atoms with Crippen LogP contribution in [0.5, 0.6) is 0 Å². The Bertz CT molecular complexity index is 403. The van der Waals surface area contributed by atoms with Crippen molar-refractivity contribution in [1.29, 1.82) is 0 Å². The van der Waals surface area contributed by atoms with Gasteiger partial charge in [0.1, 0.15) is 0 Å². The van der Waals surface area contributed by atoms with Gasteiger partial charge in [-0.1, -0.05) is 45.4 Å². The number of aryl methyl sites for hydroxylation is 3. The molecule has 1 heteroatoms. The van der Waals surface area contributed by atoms with E-state index < -0.39 is 0 Å². The first-order chi connectivity index (χ1) is 9.23. The van der Waals surface area contributed by atoms with Crippen molar-refractivity contribution in [2.24, 2.45) is 5.41 Å². The largest absolute Gasteiger partial charge is 0.314 e. The molecule has 0 aliphatic heterocycles. The predicted octanol–water partition coefficient (Wildman–Crippen LogP) is 4.96. The van der Waals surface area contributed by atoms with E-state index in [0.717, 1.165) is 13.0 Å². The van der Waals surface area contributed by atoms with Crippen molar-refractivity contribution in [3.05, 3.63) is 34.4 Å². The Morgan fingerprint density at radius 3 is 2.05 bits per heavy atom. The van der Waals surface area contributed by atoms with Crippen LogP contribution in [0, 0.1) is 26.2 Å². The number of hydrogen-bond donors (Lipinski definition) is 1. The molecule has 0 aliphatic carbocycles. The maximum Gasteiger partial charge on any atom is 0.0113 e. The lowest BCUT2D eigenvalue weighted by atomic mass is 9.84. The highest BCUT2D eigenvalue weighted by Crippen LogP contribution is 2.25. The van der Waals surface area contributed by atoms with Gasteiger partial charge in [0.05, 0.1) is 0 Å². The fourth-order valence-corrected chi connectivity index (χ4v) is 3.08. The smallest absolute Gasteiger partial charge is 0.0113 e. The Hall–Kier alpha value is -0.820. The molecule has 0 radical (unpaired) electrons. The fourth-order valence-electron chi connectivity index (χ4n) is 3.08. The van der Waals surface area contributed by atoms with Gasteiger partial charge >= 0.3 is 0 Å². The maximum absolute atomic E-state index is 3.74. The predicted molar refractivity (Wildman–Crippen MR) is 90.5 cm³/mol. The van der Waals surface area contributed by atoms with E-state index in [2.05, 4.69) is 65.9 Å². The number of rotatable bonds is 6. The first-order valence-electron chi connectivity index (χ1n) is 8.03. The van der Waals surface area contributed by atoms with Crippen LogP contribution in [0.1, 0.15) is 62.8 Å². The fraction of sp³-hybridized carbons (Fsp3) is 0.684. The van der Waals surface area contributed by atoms with Crippen LogP contribution in [-0.2, 0) is 6.42 Å². The third-order valence-corrected chi connectivity index (χ3v) is 3.83. The molecule has 0 spiro atoms. The summed E-state index contributed by atoms with van der Waals surface area (Å²) in [7, 11) is 0. The number of benzene rings is 1. The number of hydrogen-bond acceptors (Lipinski definition) is 1.